The minimum Gasteiger partial charge on any atom is -0.326 e. The number of amides is 1. The molecule has 0 atom stereocenters. The van der Waals surface area contributed by atoms with Crippen molar-refractivity contribution in [1.82, 2.24) is 0 Å². The van der Waals surface area contributed by atoms with Crippen LogP contribution in [0.15, 0.2) is 65.6 Å². The predicted octanol–water partition coefficient (Wildman–Crippen LogP) is 5.42. The fourth-order valence-corrected chi connectivity index (χ4v) is 4.15. The Hall–Kier alpha value is -2.61. The number of benzene rings is 3. The van der Waals surface area contributed by atoms with Crippen molar-refractivity contribution in [2.75, 3.05) is 10.0 Å². The number of nitrogens with one attached hydrogen (secondary N) is 2. The Labute approximate surface area is 183 Å². The molecule has 30 heavy (non-hydrogen) atoms. The molecule has 0 aliphatic heterocycles. The van der Waals surface area contributed by atoms with Crippen LogP contribution in [0.1, 0.15) is 11.1 Å². The van der Waals surface area contributed by atoms with E-state index in [0.29, 0.717) is 16.3 Å². The molecule has 3 aromatic rings. The second-order valence-corrected chi connectivity index (χ2v) is 9.09. The highest BCUT2D eigenvalue weighted by Gasteiger charge is 2.19. The van der Waals surface area contributed by atoms with Gasteiger partial charge in [-0.25, -0.2) is 12.8 Å². The standard InChI is InChI=1S/C21H17Cl2FN2O3S/c1-13-2-5-16(23)12-19(13)25-21(27)10-14-3-7-17(8-4-14)26-30(28,29)20-9-6-15(22)11-18(20)24/h2-9,11-12,26H,10H2,1H3,(H,25,27). The molecule has 0 bridgehead atoms. The zero-order chi connectivity index (χ0) is 21.9. The summed E-state index contributed by atoms with van der Waals surface area (Å²) in [4.78, 5) is 11.8. The van der Waals surface area contributed by atoms with Crippen LogP contribution in [0, 0.1) is 12.7 Å². The molecular weight excluding hydrogens is 450 g/mol. The number of sulfonamides is 1. The van der Waals surface area contributed by atoms with Crippen LogP contribution in [0.3, 0.4) is 0 Å². The lowest BCUT2D eigenvalue weighted by Gasteiger charge is -2.11. The molecule has 3 aromatic carbocycles. The monoisotopic (exact) mass is 466 g/mol. The van der Waals surface area contributed by atoms with E-state index in [1.54, 1.807) is 24.3 Å². The van der Waals surface area contributed by atoms with Gasteiger partial charge in [0.25, 0.3) is 10.0 Å². The Kier molecular flexibility index (Phi) is 6.65. The minimum absolute atomic E-state index is 0.0881. The normalized spacial score (nSPS) is 11.2. The highest BCUT2D eigenvalue weighted by Crippen LogP contribution is 2.23. The van der Waals surface area contributed by atoms with Gasteiger partial charge in [-0.2, -0.15) is 0 Å². The van der Waals surface area contributed by atoms with Gasteiger partial charge in [-0.05, 0) is 60.5 Å². The van der Waals surface area contributed by atoms with E-state index in [2.05, 4.69) is 10.0 Å². The highest BCUT2D eigenvalue weighted by atomic mass is 35.5. The van der Waals surface area contributed by atoms with Gasteiger partial charge in [0.2, 0.25) is 5.91 Å². The van der Waals surface area contributed by atoms with E-state index >= 15 is 0 Å². The number of carbonyl (C=O) groups excluding carboxylic acids is 1. The predicted molar refractivity (Wildman–Crippen MR) is 117 cm³/mol. The molecule has 0 aromatic heterocycles. The molecule has 0 heterocycles. The van der Waals surface area contributed by atoms with Crippen molar-refractivity contribution in [3.8, 4) is 0 Å². The van der Waals surface area contributed by atoms with Gasteiger partial charge in [-0.3, -0.25) is 9.52 Å². The molecule has 0 spiro atoms. The molecule has 156 valence electrons. The molecular formula is C21H17Cl2FN2O3S. The van der Waals surface area contributed by atoms with Crippen molar-refractivity contribution < 1.29 is 17.6 Å². The van der Waals surface area contributed by atoms with Crippen LogP contribution in [-0.2, 0) is 21.2 Å². The smallest absolute Gasteiger partial charge is 0.264 e. The van der Waals surface area contributed by atoms with E-state index in [1.165, 1.54) is 18.2 Å². The molecule has 2 N–H and O–H groups in total. The largest absolute Gasteiger partial charge is 0.326 e. The first kappa shape index (κ1) is 22.1. The van der Waals surface area contributed by atoms with Gasteiger partial charge in [-0.1, -0.05) is 41.4 Å². The second-order valence-electron chi connectivity index (χ2n) is 6.56. The van der Waals surface area contributed by atoms with Gasteiger partial charge in [0.15, 0.2) is 0 Å². The minimum atomic E-state index is -4.12. The van der Waals surface area contributed by atoms with E-state index in [4.69, 9.17) is 23.2 Å². The second kappa shape index (κ2) is 9.04. The maximum Gasteiger partial charge on any atom is 0.264 e. The molecule has 0 unspecified atom stereocenters. The van der Waals surface area contributed by atoms with Crippen molar-refractivity contribution in [3.05, 3.63) is 87.7 Å². The lowest BCUT2D eigenvalue weighted by molar-refractivity contribution is -0.115. The molecule has 5 nitrogen and oxygen atoms in total. The van der Waals surface area contributed by atoms with Gasteiger partial charge < -0.3 is 5.32 Å². The average molecular weight is 467 g/mol. The number of rotatable bonds is 6. The summed E-state index contributed by atoms with van der Waals surface area (Å²) < 4.78 is 41.0. The Balaban J connectivity index is 1.67. The zero-order valence-electron chi connectivity index (χ0n) is 15.7. The third kappa shape index (κ3) is 5.50. The van der Waals surface area contributed by atoms with Crippen LogP contribution in [0.4, 0.5) is 15.8 Å². The van der Waals surface area contributed by atoms with Crippen LogP contribution in [0.25, 0.3) is 0 Å². The fraction of sp³-hybridized carbons (Fsp3) is 0.0952. The van der Waals surface area contributed by atoms with Crippen molar-refractivity contribution in [3.63, 3.8) is 0 Å². The number of halogens is 3. The topological polar surface area (TPSA) is 75.3 Å². The summed E-state index contributed by atoms with van der Waals surface area (Å²) >= 11 is 11.6. The van der Waals surface area contributed by atoms with E-state index in [0.717, 1.165) is 17.7 Å². The number of aryl methyl sites for hydroxylation is 1. The number of hydrogen-bond acceptors (Lipinski definition) is 3. The van der Waals surface area contributed by atoms with Crippen molar-refractivity contribution in [2.24, 2.45) is 0 Å². The number of anilines is 2. The lowest BCUT2D eigenvalue weighted by Crippen LogP contribution is -2.16. The zero-order valence-corrected chi connectivity index (χ0v) is 18.1. The van der Waals surface area contributed by atoms with Gasteiger partial charge in [-0.15, -0.1) is 0 Å². The fourth-order valence-electron chi connectivity index (χ4n) is 2.70. The highest BCUT2D eigenvalue weighted by molar-refractivity contribution is 7.92. The Morgan fingerprint density at radius 2 is 1.60 bits per heavy atom. The SMILES string of the molecule is Cc1ccc(Cl)cc1NC(=O)Cc1ccc(NS(=O)(=O)c2ccc(Cl)cc2F)cc1. The van der Waals surface area contributed by atoms with Crippen molar-refractivity contribution in [2.45, 2.75) is 18.2 Å². The first-order valence-corrected chi connectivity index (χ1v) is 11.0. The van der Waals surface area contributed by atoms with E-state index in [1.807, 2.05) is 13.0 Å². The maximum absolute atomic E-state index is 13.9. The summed E-state index contributed by atoms with van der Waals surface area (Å²) in [6.07, 6.45) is 0.0881. The van der Waals surface area contributed by atoms with Gasteiger partial charge >= 0.3 is 0 Å². The van der Waals surface area contributed by atoms with Gasteiger partial charge in [0, 0.05) is 21.4 Å². The summed E-state index contributed by atoms with van der Waals surface area (Å²) in [6, 6.07) is 14.8. The first-order valence-electron chi connectivity index (χ1n) is 8.77. The van der Waals surface area contributed by atoms with Crippen LogP contribution in [0.2, 0.25) is 10.0 Å². The first-order chi connectivity index (χ1) is 14.1. The van der Waals surface area contributed by atoms with E-state index in [-0.39, 0.29) is 23.0 Å². The Morgan fingerprint density at radius 1 is 0.967 bits per heavy atom. The molecule has 3 rings (SSSR count). The number of hydrogen-bond donors (Lipinski definition) is 2. The molecule has 0 aliphatic rings. The molecule has 0 saturated heterocycles. The Morgan fingerprint density at radius 3 is 2.27 bits per heavy atom. The molecule has 0 saturated carbocycles. The summed E-state index contributed by atoms with van der Waals surface area (Å²) in [5.41, 5.74) is 2.42. The average Bonchev–Trinajstić information content (AvgIpc) is 2.65. The summed E-state index contributed by atoms with van der Waals surface area (Å²) in [6.45, 7) is 1.86. The van der Waals surface area contributed by atoms with Crippen LogP contribution in [-0.4, -0.2) is 14.3 Å². The maximum atomic E-state index is 13.9. The summed E-state index contributed by atoms with van der Waals surface area (Å²) in [5, 5.41) is 3.41. The third-order valence-electron chi connectivity index (χ3n) is 4.23. The molecule has 0 fully saturated rings. The quantitative estimate of drug-likeness (QED) is 0.508. The van der Waals surface area contributed by atoms with Crippen LogP contribution >= 0.6 is 23.2 Å². The third-order valence-corrected chi connectivity index (χ3v) is 6.11. The lowest BCUT2D eigenvalue weighted by atomic mass is 10.1. The molecule has 0 aliphatic carbocycles. The summed E-state index contributed by atoms with van der Waals surface area (Å²) in [7, 11) is -4.12. The molecule has 0 radical (unpaired) electrons. The Bertz CT molecular complexity index is 1200. The summed E-state index contributed by atoms with van der Waals surface area (Å²) in [5.74, 6) is -1.18. The van der Waals surface area contributed by atoms with E-state index in [9.17, 15) is 17.6 Å². The van der Waals surface area contributed by atoms with Gasteiger partial charge in [0.1, 0.15) is 10.7 Å². The van der Waals surface area contributed by atoms with E-state index < -0.39 is 20.7 Å². The molecule has 9 heteroatoms. The van der Waals surface area contributed by atoms with Crippen LogP contribution in [0.5, 0.6) is 0 Å². The number of carbonyl (C=O) groups is 1. The molecule has 1 amide bonds. The van der Waals surface area contributed by atoms with Crippen LogP contribution < -0.4 is 10.0 Å². The van der Waals surface area contributed by atoms with Crippen molar-refractivity contribution in [1.29, 1.82) is 0 Å². The van der Waals surface area contributed by atoms with Gasteiger partial charge in [0.05, 0.1) is 6.42 Å². The van der Waals surface area contributed by atoms with Crippen molar-refractivity contribution >= 4 is 50.5 Å².